The third-order valence-electron chi connectivity index (χ3n) is 25.3. The maximum atomic E-state index is 13.3. The van der Waals surface area contributed by atoms with Gasteiger partial charge in [0.25, 0.3) is 16.7 Å². The smallest absolute Gasteiger partial charge is 0.460 e. The van der Waals surface area contributed by atoms with Gasteiger partial charge in [0.15, 0.2) is 0 Å². The average Bonchev–Trinajstić information content (AvgIpc) is 1.54. The van der Waals surface area contributed by atoms with Crippen molar-refractivity contribution in [1.82, 2.24) is 69.4 Å². The van der Waals surface area contributed by atoms with Crippen LogP contribution in [0.4, 0.5) is 25.0 Å². The summed E-state index contributed by atoms with van der Waals surface area (Å²) in [5.41, 5.74) is 28.4. The zero-order valence-corrected chi connectivity index (χ0v) is 85.7. The molecule has 0 spiro atoms. The van der Waals surface area contributed by atoms with E-state index >= 15 is 0 Å². The molecule has 1 saturated carbocycles. The fraction of sp³-hybridized carbons (Fsp3) is 0.606. The molecule has 9 N–H and O–H groups in total. The summed E-state index contributed by atoms with van der Waals surface area (Å²) in [7, 11) is 0. The van der Waals surface area contributed by atoms with Gasteiger partial charge in [-0.25, -0.2) is 54.1 Å². The number of nitrogens with one attached hydrogen (secondary N) is 3. The fourth-order valence-corrected chi connectivity index (χ4v) is 20.0. The van der Waals surface area contributed by atoms with E-state index in [0.717, 1.165) is 32.8 Å². The Hall–Kier alpha value is -11.1. The molecule has 20 atom stereocenters. The minimum Gasteiger partial charge on any atom is -0.460 e. The number of hydrogen-bond donors (Lipinski definition) is 9. The minimum absolute atomic E-state index is 0. The van der Waals surface area contributed by atoms with Crippen molar-refractivity contribution in [2.75, 3.05) is 13.2 Å². The number of amides is 4. The summed E-state index contributed by atoms with van der Waals surface area (Å²) < 4.78 is 39.7. The van der Waals surface area contributed by atoms with Crippen molar-refractivity contribution >= 4 is 100.0 Å². The van der Waals surface area contributed by atoms with Crippen molar-refractivity contribution < 1.29 is 128 Å². The quantitative estimate of drug-likeness (QED) is 0.00954. The average molecular weight is 2000 g/mol. The molecular formula is C94H131Cl2N20NaO23. The Bertz CT molecular complexity index is 5800. The molecule has 9 heterocycles. The summed E-state index contributed by atoms with van der Waals surface area (Å²) in [5, 5.41) is 63.8. The van der Waals surface area contributed by atoms with Gasteiger partial charge in [-0.05, 0) is 157 Å². The second-order valence-electron chi connectivity index (χ2n) is 38.8. The van der Waals surface area contributed by atoms with Crippen LogP contribution in [-0.2, 0) is 79.6 Å². The first-order valence-electron chi connectivity index (χ1n) is 45.5. The fourth-order valence-electron chi connectivity index (χ4n) is 19.8. The number of likely N-dealkylation sites (tertiary alicyclic amines) is 4. The van der Waals surface area contributed by atoms with Gasteiger partial charge in [0.2, 0.25) is 0 Å². The summed E-state index contributed by atoms with van der Waals surface area (Å²) in [6.07, 6.45) is 12.6. The maximum absolute atomic E-state index is 13.3. The number of carbonyl (C=O) groups is 7. The van der Waals surface area contributed by atoms with Crippen LogP contribution < -0.4 is 46.2 Å². The summed E-state index contributed by atoms with van der Waals surface area (Å²) in [4.78, 5) is 172. The number of azide groups is 1. The predicted octanol–water partition coefficient (Wildman–Crippen LogP) is 8.68. The summed E-state index contributed by atoms with van der Waals surface area (Å²) in [5.74, 6) is -1.84. The van der Waals surface area contributed by atoms with Gasteiger partial charge in [0.1, 0.15) is 76.5 Å². The van der Waals surface area contributed by atoms with Gasteiger partial charge in [-0.1, -0.05) is 91.0 Å². The third kappa shape index (κ3) is 25.5. The SMILES string of the molecule is C.CC(C)(C)OC(=O)N1[C@H](CO)[C@@H](O)[C@@H](O)[C@@H]1C1=CCc2c1nc[nH]c2=O.CC[C@@H]1[C@@H](C)[C@@H](OC(C)=O)[C@H](C2=CCc3c(Cl)ncnc32)N1C(=O)OC(C)(C)C.CC[C@@H]1[C@@H](C)[C@@H](OC(C)=O)[C@H](C2=CCc3c(N=[N+]=[N-])ncnc32)N1C(=O)OC(C)(C)C.CC[C@@H]1[C@@H](C)[C@@H](OC(C)=O)[C@H](C2=CCc3c2nc[nH]c3=O)N1C(=O)OC(C)(C)C.Cl.O=c1[nH]cnc2c1CC=C2[C@@H]1C[C@H](CO)[C@@H](O)[C@H]1O.[HH].[N-]=[N+]=[N-].[Na+]. The number of aromatic nitrogens is 10. The number of allylic oxidation sites excluding steroid dienone is 5. The molecule has 5 fully saturated rings. The van der Waals surface area contributed by atoms with E-state index in [0.29, 0.717) is 119 Å². The summed E-state index contributed by atoms with van der Waals surface area (Å²) in [6.45, 7) is 36.8. The van der Waals surface area contributed by atoms with E-state index in [2.05, 4.69) is 59.9 Å². The Balaban J connectivity index is 0.000000268. The number of H-pyrrole nitrogens is 3. The molecule has 43 nitrogen and oxygen atoms in total. The number of ether oxygens (including phenoxy) is 7. The summed E-state index contributed by atoms with van der Waals surface area (Å²) >= 11 is 6.26. The van der Waals surface area contributed by atoms with Crippen LogP contribution in [-0.4, -0.2) is 269 Å². The molecule has 4 amide bonds. The molecule has 4 aliphatic heterocycles. The normalized spacial score (nSPS) is 26.1. The molecule has 5 aromatic heterocycles. The Morgan fingerprint density at radius 2 is 0.750 bits per heavy atom. The largest absolute Gasteiger partial charge is 1.00 e. The van der Waals surface area contributed by atoms with Crippen molar-refractivity contribution in [3.8, 4) is 0 Å². The molecule has 46 heteroatoms. The van der Waals surface area contributed by atoms with Crippen molar-refractivity contribution in [2.24, 2.45) is 34.7 Å². The van der Waals surface area contributed by atoms with E-state index in [4.69, 9.17) is 61.4 Å². The number of aromatic amines is 3. The van der Waals surface area contributed by atoms with E-state index in [9.17, 15) is 78.6 Å². The molecule has 0 radical (unpaired) electrons. The Labute approximate surface area is 845 Å². The van der Waals surface area contributed by atoms with Crippen LogP contribution in [0.1, 0.15) is 236 Å². The van der Waals surface area contributed by atoms with Crippen molar-refractivity contribution in [3.05, 3.63) is 181 Å². The molecule has 6 aliphatic carbocycles. The maximum Gasteiger partial charge on any atom is 1.00 e. The number of carbonyl (C=O) groups excluding carboxylic acids is 7. The number of hydrogen-bond acceptors (Lipinski definition) is 31. The van der Waals surface area contributed by atoms with Gasteiger partial charge in [-0.15, -0.1) is 12.4 Å². The van der Waals surface area contributed by atoms with Gasteiger partial charge in [0, 0.05) is 132 Å². The molecular weight excluding hydrogens is 1870 g/mol. The Morgan fingerprint density at radius 1 is 0.450 bits per heavy atom. The number of fused-ring (bicyclic) bond motifs is 5. The number of rotatable bonds is 14. The van der Waals surface area contributed by atoms with Gasteiger partial charge >= 0.3 is 71.8 Å². The Morgan fingerprint density at radius 3 is 1.06 bits per heavy atom. The molecule has 140 heavy (non-hydrogen) atoms. The molecule has 10 aliphatic rings. The topological polar surface area (TPSA) is 615 Å². The zero-order chi connectivity index (χ0) is 101. The van der Waals surface area contributed by atoms with Crippen LogP contribution in [0.15, 0.2) is 81.5 Å². The monoisotopic (exact) mass is 2000 g/mol. The van der Waals surface area contributed by atoms with Crippen LogP contribution in [0.25, 0.3) is 54.3 Å². The molecule has 0 bridgehead atoms. The van der Waals surface area contributed by atoms with Crippen LogP contribution in [0.2, 0.25) is 5.15 Å². The number of aliphatic hydroxyl groups is 6. The van der Waals surface area contributed by atoms with Gasteiger partial charge < -0.3 is 89.8 Å². The van der Waals surface area contributed by atoms with Crippen molar-refractivity contribution in [2.45, 2.75) is 324 Å². The molecule has 0 unspecified atom stereocenters. The van der Waals surface area contributed by atoms with E-state index in [1.807, 2.05) is 128 Å². The number of esters is 3. The van der Waals surface area contributed by atoms with Crippen LogP contribution in [0, 0.1) is 29.6 Å². The number of halogens is 2. The molecule has 4 saturated heterocycles. The van der Waals surface area contributed by atoms with Gasteiger partial charge in [-0.2, -0.15) is 0 Å². The minimum atomic E-state index is -1.36. The standard InChI is InChI=1S/C21H28ClN3O4.C21H28N6O4.C21H29N3O5.C17H23N3O6.C13H16N2O4.CH4.ClH.N3.Na.H2/c1-7-15-11(2)18(28-12(3)26)17(25(15)20(27)29-21(4,5)6)13-8-9-14-16(13)23-10-24-19(14)22;1-7-15-11(2)18(30-12(3)28)17(27(15)20(29)31-21(4,5)6)13-8-9-14-16(13)23-10-24-19(14)25-26-22;1-7-15-11(2)18(28-12(3)25)17(24(15)20(27)29-21(4,5)6)13-8-9-14-16(13)22-10-23-19(14)26;1-17(2,3)26-16(25)20-10(6-21)13(22)14(23)12(20)8-4-5-9-11(8)18-7-19-15(9)24;16-4-6-3-9(12(18)11(6)17)7-1-2-8-10(7)14-5-15-13(8)19;;;1-3-2;;/h8,10-11,15,17-18H,7,9H2,1-6H3;8,10-11,15,17-18H,7,9H2,1-6H3;8,10-11,15,17-18H,7,9H2,1-6H3,(H,22,23,26);4,7,10,12-14,21-23H,5-6H2,1-3H3,(H,18,19,24);1,5-6,9,11-12,16-18H,2-4H2,(H,14,15,19);1H4;1H;;;1H/q;;;;;;;-1;+1;/t3*11-,15-,17+,18-;10-,12+,13-,14+;6-,9+,11-,12+;;;;;/m11111...../s1. The first-order valence-corrected chi connectivity index (χ1v) is 45.9. The van der Waals surface area contributed by atoms with Crippen molar-refractivity contribution in [3.63, 3.8) is 0 Å². The van der Waals surface area contributed by atoms with Gasteiger partial charge in [-0.3, -0.25) is 53.3 Å². The molecule has 5 aromatic rings. The van der Waals surface area contributed by atoms with E-state index in [-0.39, 0.29) is 134 Å². The first-order chi connectivity index (χ1) is 64.4. The number of nitrogens with zero attached hydrogens (tertiary/aromatic N) is 17. The zero-order valence-electron chi connectivity index (χ0n) is 82.1. The molecule has 0 aromatic carbocycles. The van der Waals surface area contributed by atoms with Crippen LogP contribution in [0.5, 0.6) is 0 Å². The predicted molar refractivity (Wildman–Crippen MR) is 514 cm³/mol. The molecule has 15 rings (SSSR count). The van der Waals surface area contributed by atoms with Crippen LogP contribution in [0.3, 0.4) is 0 Å². The molecule has 760 valence electrons. The third-order valence-corrected chi connectivity index (χ3v) is 25.6. The second-order valence-corrected chi connectivity index (χ2v) is 39.2. The Kier molecular flexibility index (Phi) is 39.9. The van der Waals surface area contributed by atoms with Crippen molar-refractivity contribution in [1.29, 1.82) is 0 Å². The van der Waals surface area contributed by atoms with Crippen LogP contribution >= 0.6 is 24.0 Å². The number of aliphatic hydroxyl groups excluding tert-OH is 6. The van der Waals surface area contributed by atoms with E-state index in [1.165, 1.54) is 57.3 Å². The van der Waals surface area contributed by atoms with E-state index in [1.54, 1.807) is 41.5 Å². The van der Waals surface area contributed by atoms with Gasteiger partial charge in [0.05, 0.1) is 96.5 Å². The summed E-state index contributed by atoms with van der Waals surface area (Å²) in [6, 6.07) is -4.15. The van der Waals surface area contributed by atoms with E-state index < -0.39 is 138 Å². The second kappa shape index (κ2) is 48.1. The first kappa shape index (κ1) is 116.